The summed E-state index contributed by atoms with van der Waals surface area (Å²) in [6.45, 7) is 0. The predicted octanol–water partition coefficient (Wildman–Crippen LogP) is 2.90. The van der Waals surface area contributed by atoms with Crippen molar-refractivity contribution in [2.45, 2.75) is 12.0 Å². The summed E-state index contributed by atoms with van der Waals surface area (Å²) in [5, 5.41) is 0. The monoisotopic (exact) mass is 284 g/mol. The predicted molar refractivity (Wildman–Crippen MR) is 63.8 cm³/mol. The van der Waals surface area contributed by atoms with E-state index in [1.165, 1.54) is 0 Å². The largest absolute Gasteiger partial charge is 0.484 e. The van der Waals surface area contributed by atoms with Gasteiger partial charge in [-0.1, -0.05) is 15.9 Å². The number of halogens is 1. The maximum Gasteiger partial charge on any atom is 0.170 e. The van der Waals surface area contributed by atoms with Crippen LogP contribution in [0.15, 0.2) is 22.7 Å². The fourth-order valence-electron chi connectivity index (χ4n) is 1.96. The molecule has 1 spiro atoms. The molecule has 0 aromatic heterocycles. The minimum atomic E-state index is -0.199. The van der Waals surface area contributed by atoms with E-state index < -0.39 is 0 Å². The molecule has 15 heavy (non-hydrogen) atoms. The van der Waals surface area contributed by atoms with Crippen molar-refractivity contribution >= 4 is 33.5 Å². The van der Waals surface area contributed by atoms with Crippen molar-refractivity contribution in [1.29, 1.82) is 0 Å². The Labute approximate surface area is 101 Å². The van der Waals surface area contributed by atoms with Crippen LogP contribution in [0.2, 0.25) is 0 Å². The quantitative estimate of drug-likeness (QED) is 0.733. The first-order chi connectivity index (χ1) is 7.19. The second-order valence-corrected chi connectivity index (χ2v) is 5.92. The minimum absolute atomic E-state index is 0.199. The third-order valence-electron chi connectivity index (χ3n) is 2.78. The van der Waals surface area contributed by atoms with E-state index in [0.717, 1.165) is 27.3 Å². The maximum atomic E-state index is 11.9. The van der Waals surface area contributed by atoms with Crippen molar-refractivity contribution in [2.75, 3.05) is 11.5 Å². The van der Waals surface area contributed by atoms with E-state index in [2.05, 4.69) is 15.9 Å². The van der Waals surface area contributed by atoms with Crippen LogP contribution in [-0.4, -0.2) is 22.9 Å². The summed E-state index contributed by atoms with van der Waals surface area (Å²) in [5.74, 6) is 2.82. The molecular formula is C11H9BrO2S. The van der Waals surface area contributed by atoms with Crippen LogP contribution in [0.5, 0.6) is 5.75 Å². The Morgan fingerprint density at radius 1 is 1.40 bits per heavy atom. The summed E-state index contributed by atoms with van der Waals surface area (Å²) in [6, 6.07) is 5.60. The van der Waals surface area contributed by atoms with E-state index in [9.17, 15) is 4.79 Å². The lowest BCUT2D eigenvalue weighted by atomic mass is 9.92. The highest BCUT2D eigenvalue weighted by atomic mass is 79.9. The SMILES string of the molecule is O=C1CC2(CSC2)Oc2cc(Br)ccc21. The normalized spacial score (nSPS) is 21.8. The second-order valence-electron chi connectivity index (χ2n) is 4.02. The van der Waals surface area contributed by atoms with Gasteiger partial charge < -0.3 is 4.74 Å². The van der Waals surface area contributed by atoms with E-state index in [0.29, 0.717) is 6.42 Å². The van der Waals surface area contributed by atoms with Crippen molar-refractivity contribution in [3.8, 4) is 5.75 Å². The number of benzene rings is 1. The number of hydrogen-bond donors (Lipinski definition) is 0. The van der Waals surface area contributed by atoms with Crippen LogP contribution >= 0.6 is 27.7 Å². The van der Waals surface area contributed by atoms with Crippen LogP contribution in [0.1, 0.15) is 16.8 Å². The lowest BCUT2D eigenvalue weighted by molar-refractivity contribution is 0.0612. The van der Waals surface area contributed by atoms with Crippen LogP contribution in [0.3, 0.4) is 0 Å². The van der Waals surface area contributed by atoms with Gasteiger partial charge in [0.1, 0.15) is 11.4 Å². The van der Waals surface area contributed by atoms with E-state index >= 15 is 0 Å². The van der Waals surface area contributed by atoms with Gasteiger partial charge in [-0.3, -0.25) is 4.79 Å². The second kappa shape index (κ2) is 3.25. The summed E-state index contributed by atoms with van der Waals surface area (Å²) in [7, 11) is 0. The van der Waals surface area contributed by atoms with Crippen molar-refractivity contribution in [3.05, 3.63) is 28.2 Å². The molecule has 1 aromatic rings. The third-order valence-corrected chi connectivity index (χ3v) is 4.74. The minimum Gasteiger partial charge on any atom is -0.484 e. The average Bonchev–Trinajstić information content (AvgIpc) is 2.14. The molecule has 1 saturated heterocycles. The van der Waals surface area contributed by atoms with E-state index in [4.69, 9.17) is 4.74 Å². The molecule has 2 nitrogen and oxygen atoms in total. The van der Waals surface area contributed by atoms with Gasteiger partial charge in [0.2, 0.25) is 0 Å². The van der Waals surface area contributed by atoms with Gasteiger partial charge in [-0.2, -0.15) is 11.8 Å². The molecule has 0 saturated carbocycles. The van der Waals surface area contributed by atoms with Gasteiger partial charge in [0, 0.05) is 16.0 Å². The van der Waals surface area contributed by atoms with Gasteiger partial charge in [-0.25, -0.2) is 0 Å². The Morgan fingerprint density at radius 3 is 2.87 bits per heavy atom. The molecule has 2 heterocycles. The number of ketones is 1. The highest BCUT2D eigenvalue weighted by Gasteiger charge is 2.46. The Bertz CT molecular complexity index is 440. The van der Waals surface area contributed by atoms with E-state index in [1.807, 2.05) is 30.0 Å². The topological polar surface area (TPSA) is 26.3 Å². The molecule has 3 rings (SSSR count). The molecule has 0 unspecified atom stereocenters. The summed E-state index contributed by atoms with van der Waals surface area (Å²) in [5.41, 5.74) is 0.524. The molecule has 2 aliphatic heterocycles. The zero-order chi connectivity index (χ0) is 10.5. The number of fused-ring (bicyclic) bond motifs is 1. The van der Waals surface area contributed by atoms with E-state index in [1.54, 1.807) is 0 Å². The van der Waals surface area contributed by atoms with Crippen LogP contribution in [0.25, 0.3) is 0 Å². The maximum absolute atomic E-state index is 11.9. The van der Waals surface area contributed by atoms with Crippen molar-refractivity contribution in [3.63, 3.8) is 0 Å². The number of Topliss-reactive ketones (excluding diaryl/α,β-unsaturated/α-hetero) is 1. The lowest BCUT2D eigenvalue weighted by Gasteiger charge is -2.43. The molecule has 0 amide bonds. The van der Waals surface area contributed by atoms with Gasteiger partial charge in [-0.15, -0.1) is 0 Å². The third kappa shape index (κ3) is 1.51. The number of ether oxygens (including phenoxy) is 1. The summed E-state index contributed by atoms with van der Waals surface area (Å²) in [4.78, 5) is 11.9. The molecule has 78 valence electrons. The molecule has 0 radical (unpaired) electrons. The van der Waals surface area contributed by atoms with E-state index in [-0.39, 0.29) is 11.4 Å². The van der Waals surface area contributed by atoms with Gasteiger partial charge >= 0.3 is 0 Å². The number of thioether (sulfide) groups is 1. The number of carbonyl (C=O) groups excluding carboxylic acids is 1. The summed E-state index contributed by atoms with van der Waals surface area (Å²) >= 11 is 5.23. The van der Waals surface area contributed by atoms with Gasteiger partial charge in [-0.05, 0) is 18.2 Å². The first-order valence-electron chi connectivity index (χ1n) is 4.78. The first-order valence-corrected chi connectivity index (χ1v) is 6.73. The van der Waals surface area contributed by atoms with Crippen LogP contribution in [0.4, 0.5) is 0 Å². The van der Waals surface area contributed by atoms with Gasteiger partial charge in [0.15, 0.2) is 5.78 Å². The highest BCUT2D eigenvalue weighted by molar-refractivity contribution is 9.10. The molecular weight excluding hydrogens is 276 g/mol. The molecule has 1 aromatic carbocycles. The zero-order valence-electron chi connectivity index (χ0n) is 7.96. The molecule has 4 heteroatoms. The number of hydrogen-bond acceptors (Lipinski definition) is 3. The van der Waals surface area contributed by atoms with Crippen LogP contribution in [-0.2, 0) is 0 Å². The van der Waals surface area contributed by atoms with Crippen molar-refractivity contribution in [2.24, 2.45) is 0 Å². The van der Waals surface area contributed by atoms with Crippen LogP contribution in [0, 0.1) is 0 Å². The van der Waals surface area contributed by atoms with Crippen molar-refractivity contribution in [1.82, 2.24) is 0 Å². The Hall–Kier alpha value is -0.480. The standard InChI is InChI=1S/C11H9BrO2S/c12-7-1-2-8-9(13)4-11(5-15-6-11)14-10(8)3-7/h1-3H,4-6H2. The van der Waals surface area contributed by atoms with Crippen molar-refractivity contribution < 1.29 is 9.53 Å². The lowest BCUT2D eigenvalue weighted by Crippen LogP contribution is -2.52. The molecule has 0 atom stereocenters. The molecule has 2 aliphatic rings. The molecule has 0 bridgehead atoms. The smallest absolute Gasteiger partial charge is 0.170 e. The Balaban J connectivity index is 2.05. The fourth-order valence-corrected chi connectivity index (χ4v) is 3.28. The fraction of sp³-hybridized carbons (Fsp3) is 0.364. The molecule has 1 fully saturated rings. The van der Waals surface area contributed by atoms with Crippen LogP contribution < -0.4 is 4.74 Å². The highest BCUT2D eigenvalue weighted by Crippen LogP contribution is 2.43. The van der Waals surface area contributed by atoms with Gasteiger partial charge in [0.25, 0.3) is 0 Å². The zero-order valence-corrected chi connectivity index (χ0v) is 10.4. The summed E-state index contributed by atoms with van der Waals surface area (Å²) < 4.78 is 6.89. The summed E-state index contributed by atoms with van der Waals surface area (Å²) in [6.07, 6.45) is 0.536. The van der Waals surface area contributed by atoms with Gasteiger partial charge in [0.05, 0.1) is 12.0 Å². The Morgan fingerprint density at radius 2 is 2.20 bits per heavy atom. The molecule has 0 aliphatic carbocycles. The number of carbonyl (C=O) groups is 1. The number of rotatable bonds is 0. The molecule has 0 N–H and O–H groups in total. The Kier molecular flexibility index (Phi) is 2.11. The first kappa shape index (κ1) is 9.73. The average molecular weight is 285 g/mol.